The molecule has 0 radical (unpaired) electrons. The van der Waals surface area contributed by atoms with Crippen LogP contribution in [0.4, 0.5) is 0 Å². The first-order valence-electron chi connectivity index (χ1n) is 11.3. The van der Waals surface area contributed by atoms with Crippen molar-refractivity contribution in [2.24, 2.45) is 0 Å². The summed E-state index contributed by atoms with van der Waals surface area (Å²) < 4.78 is 23.8. The van der Waals surface area contributed by atoms with E-state index in [0.29, 0.717) is 5.02 Å². The summed E-state index contributed by atoms with van der Waals surface area (Å²) in [6.45, 7) is 12.8. The minimum absolute atomic E-state index is 0.384. The molecule has 170 valence electrons. The van der Waals surface area contributed by atoms with Gasteiger partial charge in [-0.25, -0.2) is 8.93 Å². The minimum Gasteiger partial charge on any atom is -0.405 e. The molecule has 0 heterocycles. The van der Waals surface area contributed by atoms with Crippen molar-refractivity contribution in [3.63, 3.8) is 0 Å². The maximum Gasteiger partial charge on any atom is 0.193 e. The van der Waals surface area contributed by atoms with E-state index in [1.807, 2.05) is 51.1 Å². The Morgan fingerprint density at radius 3 is 2.00 bits per heavy atom. The van der Waals surface area contributed by atoms with Crippen LogP contribution in [0.3, 0.4) is 0 Å². The third-order valence-corrected chi connectivity index (χ3v) is 13.3. The Kier molecular flexibility index (Phi) is 7.24. The van der Waals surface area contributed by atoms with Gasteiger partial charge in [0.1, 0.15) is 5.60 Å². The average Bonchev–Trinajstić information content (AvgIpc) is 3.41. The molecule has 3 rings (SSSR count). The van der Waals surface area contributed by atoms with Crippen molar-refractivity contribution in [2.75, 3.05) is 0 Å². The molecule has 1 aliphatic rings. The first-order valence-corrected chi connectivity index (χ1v) is 15.4. The summed E-state index contributed by atoms with van der Waals surface area (Å²) >= 11 is 6.23. The van der Waals surface area contributed by atoms with E-state index in [2.05, 4.69) is 49.8 Å². The zero-order chi connectivity index (χ0) is 22.9. The van der Waals surface area contributed by atoms with Crippen LogP contribution in [0, 0.1) is 0 Å². The molecule has 0 aromatic heterocycles. The summed E-state index contributed by atoms with van der Waals surface area (Å²) in [6.07, 6.45) is 0.752. The van der Waals surface area contributed by atoms with E-state index in [9.17, 15) is 4.21 Å². The number of hydrogen-bond donors (Lipinski definition) is 1. The van der Waals surface area contributed by atoms with Crippen molar-refractivity contribution in [1.82, 2.24) is 4.72 Å². The first-order chi connectivity index (χ1) is 14.6. The summed E-state index contributed by atoms with van der Waals surface area (Å²) in [4.78, 5) is 0. The van der Waals surface area contributed by atoms with Crippen molar-refractivity contribution in [2.45, 2.75) is 82.0 Å². The zero-order valence-electron chi connectivity index (χ0n) is 19.6. The predicted molar refractivity (Wildman–Crippen MR) is 135 cm³/mol. The highest BCUT2D eigenvalue weighted by atomic mass is 35.5. The molecule has 1 N–H and O–H groups in total. The Morgan fingerprint density at radius 2 is 1.52 bits per heavy atom. The maximum absolute atomic E-state index is 13.4. The van der Waals surface area contributed by atoms with E-state index in [1.54, 1.807) is 0 Å². The Labute approximate surface area is 196 Å². The number of hydrogen-bond acceptors (Lipinski definition) is 2. The molecule has 0 bridgehead atoms. The van der Waals surface area contributed by atoms with Gasteiger partial charge < -0.3 is 4.43 Å². The quantitative estimate of drug-likeness (QED) is 0.398. The molecule has 3 nitrogen and oxygen atoms in total. The third-order valence-electron chi connectivity index (χ3n) is 6.80. The molecule has 0 unspecified atom stereocenters. The lowest BCUT2D eigenvalue weighted by atomic mass is 9.97. The van der Waals surface area contributed by atoms with Crippen molar-refractivity contribution < 1.29 is 8.63 Å². The highest BCUT2D eigenvalue weighted by Crippen LogP contribution is 2.66. The fraction of sp³-hybridized carbons (Fsp3) is 0.520. The van der Waals surface area contributed by atoms with Gasteiger partial charge in [-0.2, -0.15) is 0 Å². The Balaban J connectivity index is 2.19. The lowest BCUT2D eigenvalue weighted by Gasteiger charge is -2.38. The van der Waals surface area contributed by atoms with Gasteiger partial charge in [-0.1, -0.05) is 74.8 Å². The maximum atomic E-state index is 13.4. The smallest absolute Gasteiger partial charge is 0.193 e. The van der Waals surface area contributed by atoms with Gasteiger partial charge in [0.25, 0.3) is 0 Å². The summed E-state index contributed by atoms with van der Waals surface area (Å²) in [7, 11) is -3.22. The van der Waals surface area contributed by atoms with Crippen LogP contribution in [0.15, 0.2) is 54.6 Å². The molecule has 31 heavy (non-hydrogen) atoms. The normalized spacial score (nSPS) is 24.7. The molecule has 0 spiro atoms. The van der Waals surface area contributed by atoms with Gasteiger partial charge in [0.2, 0.25) is 0 Å². The van der Waals surface area contributed by atoms with E-state index in [0.717, 1.165) is 35.7 Å². The average molecular weight is 478 g/mol. The van der Waals surface area contributed by atoms with E-state index in [4.69, 9.17) is 16.0 Å². The molecule has 0 amide bonds. The molecule has 1 fully saturated rings. The Morgan fingerprint density at radius 1 is 0.968 bits per heavy atom. The van der Waals surface area contributed by atoms with Gasteiger partial charge in [-0.05, 0) is 62.2 Å². The second-order valence-electron chi connectivity index (χ2n) is 9.61. The van der Waals surface area contributed by atoms with E-state index in [-0.39, 0.29) is 4.75 Å². The highest BCUT2D eigenvalue weighted by Gasteiger charge is 2.73. The zero-order valence-corrected chi connectivity index (χ0v) is 22.2. The summed E-state index contributed by atoms with van der Waals surface area (Å²) in [5, 5.41) is 0.709. The lowest BCUT2D eigenvalue weighted by molar-refractivity contribution is 0.131. The molecule has 1 aliphatic carbocycles. The Hall–Kier alpha value is -0.983. The largest absolute Gasteiger partial charge is 0.405 e. The molecule has 2 aromatic rings. The second kappa shape index (κ2) is 9.10. The number of nitrogens with one attached hydrogen (secondary N) is 1. The van der Waals surface area contributed by atoms with Crippen LogP contribution < -0.4 is 4.72 Å². The van der Waals surface area contributed by atoms with Gasteiger partial charge >= 0.3 is 0 Å². The Bertz CT molecular complexity index is 903. The van der Waals surface area contributed by atoms with Crippen molar-refractivity contribution in [3.8, 4) is 0 Å². The fourth-order valence-corrected chi connectivity index (χ4v) is 8.60. The van der Waals surface area contributed by atoms with Gasteiger partial charge in [0.15, 0.2) is 8.32 Å². The summed E-state index contributed by atoms with van der Waals surface area (Å²) in [6, 6.07) is 21.6. The van der Waals surface area contributed by atoms with Crippen molar-refractivity contribution >= 4 is 30.9 Å². The van der Waals surface area contributed by atoms with Crippen LogP contribution in [-0.2, 0) is 26.6 Å². The molecule has 0 saturated heterocycles. The summed E-state index contributed by atoms with van der Waals surface area (Å²) in [5.74, 6) is 0. The molecule has 2 aromatic carbocycles. The topological polar surface area (TPSA) is 38.3 Å². The van der Waals surface area contributed by atoms with Crippen molar-refractivity contribution in [3.05, 3.63) is 70.7 Å². The fourth-order valence-electron chi connectivity index (χ4n) is 4.46. The number of rotatable bonds is 9. The van der Waals surface area contributed by atoms with Gasteiger partial charge in [0.05, 0.1) is 21.3 Å². The number of benzene rings is 2. The monoisotopic (exact) mass is 477 g/mol. The van der Waals surface area contributed by atoms with E-state index in [1.165, 1.54) is 0 Å². The first kappa shape index (κ1) is 24.7. The SMILES string of the molecule is CC[Si](CC)(CC)O[C@]1(c2ccc(Cl)cc2)C[C@@]1(N[S@](=O)C(C)(C)C)c1ccccc1. The van der Waals surface area contributed by atoms with E-state index < -0.39 is 30.4 Å². The third kappa shape index (κ3) is 4.58. The molecule has 0 aliphatic heterocycles. The van der Waals surface area contributed by atoms with Crippen LogP contribution in [0.25, 0.3) is 0 Å². The second-order valence-corrected chi connectivity index (χ2v) is 16.7. The van der Waals surface area contributed by atoms with E-state index >= 15 is 0 Å². The van der Waals surface area contributed by atoms with Crippen LogP contribution in [0.2, 0.25) is 23.2 Å². The molecule has 6 heteroatoms. The van der Waals surface area contributed by atoms with Crippen LogP contribution in [0.5, 0.6) is 0 Å². The highest BCUT2D eigenvalue weighted by molar-refractivity contribution is 7.84. The number of halogens is 1. The standard InChI is InChI=1S/C25H36ClNO2SSi/c1-7-31(8-2,9-3)29-25(21-15-17-22(26)18-16-21)19-24(25,20-13-11-10-12-14-20)27-30(28)23(4,5)6/h10-18,27H,7-9,19H2,1-6H3/t24-,25+,30-/m1/s1. The van der Waals surface area contributed by atoms with Gasteiger partial charge in [0, 0.05) is 11.4 Å². The molecular formula is C25H36ClNO2SSi. The van der Waals surface area contributed by atoms with Crippen LogP contribution >= 0.6 is 11.6 Å². The molecule has 1 saturated carbocycles. The van der Waals surface area contributed by atoms with Crippen LogP contribution in [0.1, 0.15) is 59.1 Å². The lowest BCUT2D eigenvalue weighted by Crippen LogP contribution is -2.48. The molecule has 3 atom stereocenters. The van der Waals surface area contributed by atoms with Gasteiger partial charge in [-0.3, -0.25) is 0 Å². The van der Waals surface area contributed by atoms with Gasteiger partial charge in [-0.15, -0.1) is 0 Å². The van der Waals surface area contributed by atoms with Crippen LogP contribution in [-0.4, -0.2) is 17.3 Å². The summed E-state index contributed by atoms with van der Waals surface area (Å²) in [5.41, 5.74) is 1.12. The molecular weight excluding hydrogens is 442 g/mol. The van der Waals surface area contributed by atoms with Crippen molar-refractivity contribution in [1.29, 1.82) is 0 Å². The predicted octanol–water partition coefficient (Wildman–Crippen LogP) is 6.91. The minimum atomic E-state index is -1.98.